The van der Waals surface area contributed by atoms with E-state index in [4.69, 9.17) is 0 Å². The number of carbonyl (C=O) groups is 1. The maximum atomic E-state index is 11.7. The average molecular weight is 345 g/mol. The number of hydrogen-bond acceptors (Lipinski definition) is 3. The molecule has 0 fully saturated rings. The lowest BCUT2D eigenvalue weighted by Gasteiger charge is -2.28. The quantitative estimate of drug-likeness (QED) is 0.886. The van der Waals surface area contributed by atoms with E-state index in [2.05, 4.69) is 27.3 Å². The fourth-order valence-corrected chi connectivity index (χ4v) is 2.37. The molecule has 0 spiro atoms. The molecule has 0 saturated carbocycles. The van der Waals surface area contributed by atoms with E-state index in [0.29, 0.717) is 16.8 Å². The Morgan fingerprint density at radius 1 is 1.29 bits per heavy atom. The summed E-state index contributed by atoms with van der Waals surface area (Å²) >= 11 is 3.30. The summed E-state index contributed by atoms with van der Waals surface area (Å²) in [6.07, 6.45) is 0. The third-order valence-electron chi connectivity index (χ3n) is 3.27. The van der Waals surface area contributed by atoms with Gasteiger partial charge in [0.15, 0.2) is 5.54 Å². The van der Waals surface area contributed by atoms with Crippen LogP contribution in [-0.2, 0) is 10.3 Å². The monoisotopic (exact) mass is 344 g/mol. The van der Waals surface area contributed by atoms with E-state index in [-0.39, 0.29) is 0 Å². The fourth-order valence-electron chi connectivity index (χ4n) is 2.01. The number of carboxylic acid groups (broad SMARTS) is 1. The number of anilines is 1. The first-order chi connectivity index (χ1) is 9.97. The van der Waals surface area contributed by atoms with E-state index < -0.39 is 11.5 Å². The molecule has 5 heteroatoms. The predicted molar refractivity (Wildman–Crippen MR) is 83.9 cm³/mol. The van der Waals surface area contributed by atoms with E-state index in [1.54, 1.807) is 49.4 Å². The Kier molecular flexibility index (Phi) is 4.29. The van der Waals surface area contributed by atoms with Crippen LogP contribution in [0.3, 0.4) is 0 Å². The summed E-state index contributed by atoms with van der Waals surface area (Å²) in [4.78, 5) is 11.7. The first-order valence-corrected chi connectivity index (χ1v) is 7.03. The van der Waals surface area contributed by atoms with Crippen molar-refractivity contribution >= 4 is 27.6 Å². The average Bonchev–Trinajstić information content (AvgIpc) is 2.49. The molecule has 0 aliphatic carbocycles. The molecule has 0 aliphatic heterocycles. The molecule has 1 unspecified atom stereocenters. The standard InChI is InChI=1S/C16H13BrN2O2/c1-16(15(20)21,12-5-3-2-4-6-12)19-14-8-7-13(17)9-11(14)10-18/h2-9,19H,1H3,(H,20,21). The molecule has 2 N–H and O–H groups in total. The molecule has 0 heterocycles. The highest BCUT2D eigenvalue weighted by atomic mass is 79.9. The molecule has 0 aromatic heterocycles. The van der Waals surface area contributed by atoms with Crippen LogP contribution in [0.5, 0.6) is 0 Å². The van der Waals surface area contributed by atoms with Crippen molar-refractivity contribution in [2.45, 2.75) is 12.5 Å². The topological polar surface area (TPSA) is 73.1 Å². The second kappa shape index (κ2) is 5.98. The third kappa shape index (κ3) is 3.06. The molecule has 21 heavy (non-hydrogen) atoms. The molecule has 2 aromatic carbocycles. The van der Waals surface area contributed by atoms with Gasteiger partial charge in [-0.25, -0.2) is 4.79 Å². The van der Waals surface area contributed by atoms with E-state index >= 15 is 0 Å². The molecular weight excluding hydrogens is 332 g/mol. The van der Waals surface area contributed by atoms with E-state index in [0.717, 1.165) is 4.47 Å². The van der Waals surface area contributed by atoms with E-state index in [1.165, 1.54) is 0 Å². The number of nitrogens with zero attached hydrogens (tertiary/aromatic N) is 1. The Morgan fingerprint density at radius 3 is 2.52 bits per heavy atom. The van der Waals surface area contributed by atoms with Crippen molar-refractivity contribution in [3.8, 4) is 6.07 Å². The largest absolute Gasteiger partial charge is 0.479 e. The number of rotatable bonds is 4. The summed E-state index contributed by atoms with van der Waals surface area (Å²) < 4.78 is 0.765. The van der Waals surface area contributed by atoms with E-state index in [1.807, 2.05) is 6.07 Å². The third-order valence-corrected chi connectivity index (χ3v) is 3.76. The van der Waals surface area contributed by atoms with Gasteiger partial charge in [0, 0.05) is 4.47 Å². The first-order valence-electron chi connectivity index (χ1n) is 6.24. The van der Waals surface area contributed by atoms with Crippen LogP contribution in [0.2, 0.25) is 0 Å². The number of carboxylic acids is 1. The van der Waals surface area contributed by atoms with Crippen molar-refractivity contribution in [1.29, 1.82) is 5.26 Å². The van der Waals surface area contributed by atoms with Gasteiger partial charge in [0.1, 0.15) is 6.07 Å². The lowest BCUT2D eigenvalue weighted by molar-refractivity contribution is -0.142. The van der Waals surface area contributed by atoms with Gasteiger partial charge in [0.2, 0.25) is 0 Å². The normalized spacial score (nSPS) is 13.0. The zero-order valence-corrected chi connectivity index (χ0v) is 12.9. The van der Waals surface area contributed by atoms with Crippen LogP contribution in [0.4, 0.5) is 5.69 Å². The van der Waals surface area contributed by atoms with Crippen molar-refractivity contribution in [2.24, 2.45) is 0 Å². The van der Waals surface area contributed by atoms with Crippen molar-refractivity contribution in [1.82, 2.24) is 0 Å². The van der Waals surface area contributed by atoms with Gasteiger partial charge >= 0.3 is 5.97 Å². The molecule has 4 nitrogen and oxygen atoms in total. The summed E-state index contributed by atoms with van der Waals surface area (Å²) in [6, 6.07) is 16.0. The number of hydrogen-bond donors (Lipinski definition) is 2. The molecule has 1 atom stereocenters. The van der Waals surface area contributed by atoms with Gasteiger partial charge in [-0.2, -0.15) is 5.26 Å². The van der Waals surface area contributed by atoms with Gasteiger partial charge < -0.3 is 10.4 Å². The van der Waals surface area contributed by atoms with Crippen LogP contribution in [0, 0.1) is 11.3 Å². The molecule has 2 rings (SSSR count). The number of halogens is 1. The van der Waals surface area contributed by atoms with Crippen LogP contribution in [0.25, 0.3) is 0 Å². The minimum Gasteiger partial charge on any atom is -0.479 e. The highest BCUT2D eigenvalue weighted by Crippen LogP contribution is 2.29. The molecular formula is C16H13BrN2O2. The Morgan fingerprint density at radius 2 is 1.95 bits per heavy atom. The van der Waals surface area contributed by atoms with Gasteiger partial charge in [0.25, 0.3) is 0 Å². The molecule has 106 valence electrons. The highest BCUT2D eigenvalue weighted by molar-refractivity contribution is 9.10. The number of benzene rings is 2. The lowest BCUT2D eigenvalue weighted by Crippen LogP contribution is -2.40. The smallest absolute Gasteiger partial charge is 0.333 e. The second-order valence-electron chi connectivity index (χ2n) is 4.72. The molecule has 0 radical (unpaired) electrons. The summed E-state index contributed by atoms with van der Waals surface area (Å²) in [5.74, 6) is -1.01. The summed E-state index contributed by atoms with van der Waals surface area (Å²) in [5, 5.41) is 21.8. The maximum Gasteiger partial charge on any atom is 0.333 e. The second-order valence-corrected chi connectivity index (χ2v) is 5.64. The highest BCUT2D eigenvalue weighted by Gasteiger charge is 2.35. The van der Waals surface area contributed by atoms with Crippen LogP contribution in [-0.4, -0.2) is 11.1 Å². The van der Waals surface area contributed by atoms with Crippen molar-refractivity contribution in [3.05, 3.63) is 64.1 Å². The zero-order chi connectivity index (χ0) is 15.5. The number of nitrogens with one attached hydrogen (secondary N) is 1. The van der Waals surface area contributed by atoms with Crippen LogP contribution >= 0.6 is 15.9 Å². The van der Waals surface area contributed by atoms with Gasteiger partial charge in [0.05, 0.1) is 11.3 Å². The van der Waals surface area contributed by atoms with Gasteiger partial charge in [-0.15, -0.1) is 0 Å². The number of aliphatic carboxylic acids is 1. The SMILES string of the molecule is CC(Nc1ccc(Br)cc1C#N)(C(=O)O)c1ccccc1. The minimum absolute atomic E-state index is 0.382. The summed E-state index contributed by atoms with van der Waals surface area (Å²) in [7, 11) is 0. The van der Waals surface area contributed by atoms with Gasteiger partial charge in [-0.3, -0.25) is 0 Å². The molecule has 0 bridgehead atoms. The Bertz CT molecular complexity index is 710. The van der Waals surface area contributed by atoms with E-state index in [9.17, 15) is 15.2 Å². The zero-order valence-electron chi connectivity index (χ0n) is 11.3. The van der Waals surface area contributed by atoms with Crippen LogP contribution in [0.15, 0.2) is 53.0 Å². The maximum absolute atomic E-state index is 11.7. The molecule has 0 amide bonds. The van der Waals surface area contributed by atoms with Gasteiger partial charge in [-0.05, 0) is 30.7 Å². The van der Waals surface area contributed by atoms with Crippen molar-refractivity contribution < 1.29 is 9.90 Å². The molecule has 0 saturated heterocycles. The summed E-state index contributed by atoms with van der Waals surface area (Å²) in [6.45, 7) is 1.58. The van der Waals surface area contributed by atoms with Crippen molar-refractivity contribution in [2.75, 3.05) is 5.32 Å². The lowest BCUT2D eigenvalue weighted by atomic mass is 9.91. The number of nitriles is 1. The Balaban J connectivity index is 2.48. The van der Waals surface area contributed by atoms with Crippen LogP contribution in [0.1, 0.15) is 18.1 Å². The summed E-state index contributed by atoms with van der Waals surface area (Å²) in [5.41, 5.74) is 0.160. The first kappa shape index (κ1) is 15.1. The minimum atomic E-state index is -1.32. The van der Waals surface area contributed by atoms with Crippen molar-refractivity contribution in [3.63, 3.8) is 0 Å². The molecule has 2 aromatic rings. The fraction of sp³-hybridized carbons (Fsp3) is 0.125. The van der Waals surface area contributed by atoms with Crippen LogP contribution < -0.4 is 5.32 Å². The molecule has 0 aliphatic rings. The van der Waals surface area contributed by atoms with Gasteiger partial charge in [-0.1, -0.05) is 46.3 Å². The Labute approximate surface area is 131 Å². The Hall–Kier alpha value is -2.32. The predicted octanol–water partition coefficient (Wildman–Crippen LogP) is 3.73.